The monoisotopic (exact) mass is 293 g/mol. The minimum Gasteiger partial charge on any atom is -0.496 e. The lowest BCUT2D eigenvalue weighted by molar-refractivity contribution is -0.148. The number of hydrogen-bond donors (Lipinski definition) is 2. The summed E-state index contributed by atoms with van der Waals surface area (Å²) in [6, 6.07) is 7.54. The van der Waals surface area contributed by atoms with E-state index in [1.165, 1.54) is 0 Å². The molecule has 1 aromatic carbocycles. The first-order valence-corrected chi connectivity index (χ1v) is 7.05. The van der Waals surface area contributed by atoms with Crippen molar-refractivity contribution < 1.29 is 19.4 Å². The second kappa shape index (κ2) is 7.67. The van der Waals surface area contributed by atoms with Crippen molar-refractivity contribution >= 4 is 11.9 Å². The third-order valence-electron chi connectivity index (χ3n) is 3.79. The van der Waals surface area contributed by atoms with Crippen LogP contribution in [0.4, 0.5) is 0 Å². The maximum Gasteiger partial charge on any atom is 0.311 e. The summed E-state index contributed by atoms with van der Waals surface area (Å²) in [6.45, 7) is 3.58. The predicted octanol–water partition coefficient (Wildman–Crippen LogP) is 2.24. The van der Waals surface area contributed by atoms with E-state index in [0.717, 1.165) is 11.3 Å². The first-order valence-electron chi connectivity index (χ1n) is 7.05. The number of carbonyl (C=O) groups excluding carboxylic acids is 1. The SMILES string of the molecule is CCC(C)(CNC(=O)CCc1ccccc1OC)C(=O)O. The van der Waals surface area contributed by atoms with Crippen LogP contribution in [0.15, 0.2) is 24.3 Å². The Morgan fingerprint density at radius 3 is 2.57 bits per heavy atom. The number of nitrogens with one attached hydrogen (secondary N) is 1. The highest BCUT2D eigenvalue weighted by molar-refractivity contribution is 5.79. The van der Waals surface area contributed by atoms with E-state index in [2.05, 4.69) is 5.32 Å². The summed E-state index contributed by atoms with van der Waals surface area (Å²) in [5.41, 5.74) is 0.0479. The standard InChI is InChI=1S/C16H23NO4/c1-4-16(2,15(19)20)11-17-14(18)10-9-12-7-5-6-8-13(12)21-3/h5-8H,4,9-11H2,1-3H3,(H,17,18)(H,19,20). The summed E-state index contributed by atoms with van der Waals surface area (Å²) < 4.78 is 5.23. The van der Waals surface area contributed by atoms with Crippen LogP contribution in [0.5, 0.6) is 5.75 Å². The Kier molecular flexibility index (Phi) is 6.21. The van der Waals surface area contributed by atoms with Gasteiger partial charge in [0.25, 0.3) is 0 Å². The van der Waals surface area contributed by atoms with E-state index >= 15 is 0 Å². The molecule has 116 valence electrons. The van der Waals surface area contributed by atoms with E-state index in [1.807, 2.05) is 24.3 Å². The first kappa shape index (κ1) is 17.0. The number of aryl methyl sites for hydroxylation is 1. The number of hydrogen-bond acceptors (Lipinski definition) is 3. The molecule has 0 aliphatic carbocycles. The molecule has 5 nitrogen and oxygen atoms in total. The average molecular weight is 293 g/mol. The minimum absolute atomic E-state index is 0.142. The van der Waals surface area contributed by atoms with Gasteiger partial charge in [-0.25, -0.2) is 0 Å². The fourth-order valence-electron chi connectivity index (χ4n) is 1.89. The van der Waals surface area contributed by atoms with Crippen molar-refractivity contribution in [2.24, 2.45) is 5.41 Å². The molecule has 1 unspecified atom stereocenters. The molecule has 2 N–H and O–H groups in total. The number of methoxy groups -OCH3 is 1. The van der Waals surface area contributed by atoms with Crippen molar-refractivity contribution in [1.82, 2.24) is 5.32 Å². The van der Waals surface area contributed by atoms with Crippen LogP contribution in [0.2, 0.25) is 0 Å². The lowest BCUT2D eigenvalue weighted by Crippen LogP contribution is -2.40. The van der Waals surface area contributed by atoms with Crippen molar-refractivity contribution in [2.45, 2.75) is 33.1 Å². The summed E-state index contributed by atoms with van der Waals surface area (Å²) in [5.74, 6) is -0.286. The van der Waals surface area contributed by atoms with Gasteiger partial charge in [0.2, 0.25) is 5.91 Å². The molecule has 1 aromatic rings. The van der Waals surface area contributed by atoms with Crippen LogP contribution in [0.1, 0.15) is 32.3 Å². The van der Waals surface area contributed by atoms with Crippen LogP contribution in [0.3, 0.4) is 0 Å². The molecule has 5 heteroatoms. The van der Waals surface area contributed by atoms with Gasteiger partial charge in [0.05, 0.1) is 12.5 Å². The maximum atomic E-state index is 11.9. The molecule has 0 spiro atoms. The minimum atomic E-state index is -0.917. The van der Waals surface area contributed by atoms with Gasteiger partial charge in [-0.2, -0.15) is 0 Å². The Balaban J connectivity index is 2.50. The van der Waals surface area contributed by atoms with E-state index in [9.17, 15) is 9.59 Å². The summed E-state index contributed by atoms with van der Waals surface area (Å²) >= 11 is 0. The van der Waals surface area contributed by atoms with E-state index < -0.39 is 11.4 Å². The molecule has 1 atom stereocenters. The molecule has 0 aromatic heterocycles. The fourth-order valence-corrected chi connectivity index (χ4v) is 1.89. The van der Waals surface area contributed by atoms with Crippen molar-refractivity contribution in [2.75, 3.05) is 13.7 Å². The summed E-state index contributed by atoms with van der Waals surface area (Å²) in [6.07, 6.45) is 1.33. The number of amides is 1. The summed E-state index contributed by atoms with van der Waals surface area (Å²) in [7, 11) is 1.60. The van der Waals surface area contributed by atoms with Crippen molar-refractivity contribution in [3.63, 3.8) is 0 Å². The van der Waals surface area contributed by atoms with Crippen molar-refractivity contribution in [1.29, 1.82) is 0 Å². The molecule has 0 saturated carbocycles. The Bertz CT molecular complexity index is 501. The maximum absolute atomic E-state index is 11.9. The summed E-state index contributed by atoms with van der Waals surface area (Å²) in [4.78, 5) is 23.0. The zero-order valence-electron chi connectivity index (χ0n) is 12.8. The highest BCUT2D eigenvalue weighted by Crippen LogP contribution is 2.21. The Labute approximate surface area is 125 Å². The molecule has 21 heavy (non-hydrogen) atoms. The third kappa shape index (κ3) is 4.77. The van der Waals surface area contributed by atoms with Crippen LogP contribution in [-0.4, -0.2) is 30.6 Å². The molecule has 0 radical (unpaired) electrons. The zero-order valence-corrected chi connectivity index (χ0v) is 12.8. The van der Waals surface area contributed by atoms with E-state index in [-0.39, 0.29) is 12.5 Å². The Hall–Kier alpha value is -2.04. The highest BCUT2D eigenvalue weighted by Gasteiger charge is 2.31. The number of carboxylic acids is 1. The number of carbonyl (C=O) groups is 2. The van der Waals surface area contributed by atoms with Crippen LogP contribution >= 0.6 is 0 Å². The van der Waals surface area contributed by atoms with Crippen LogP contribution < -0.4 is 10.1 Å². The number of para-hydroxylation sites is 1. The van der Waals surface area contributed by atoms with Gasteiger partial charge in [-0.05, 0) is 31.4 Å². The third-order valence-corrected chi connectivity index (χ3v) is 3.79. The molecule has 0 bridgehead atoms. The Morgan fingerprint density at radius 1 is 1.33 bits per heavy atom. The highest BCUT2D eigenvalue weighted by atomic mass is 16.5. The normalized spacial score (nSPS) is 13.3. The molecular formula is C16H23NO4. The number of benzene rings is 1. The fraction of sp³-hybridized carbons (Fsp3) is 0.500. The quantitative estimate of drug-likeness (QED) is 0.771. The van der Waals surface area contributed by atoms with Gasteiger partial charge >= 0.3 is 5.97 Å². The molecule has 1 rings (SSSR count). The van der Waals surface area contributed by atoms with Gasteiger partial charge in [0.15, 0.2) is 0 Å². The molecule has 0 aliphatic rings. The van der Waals surface area contributed by atoms with E-state index in [0.29, 0.717) is 19.3 Å². The smallest absolute Gasteiger partial charge is 0.311 e. The molecule has 0 fully saturated rings. The molecule has 1 amide bonds. The largest absolute Gasteiger partial charge is 0.496 e. The van der Waals surface area contributed by atoms with Crippen LogP contribution in [0.25, 0.3) is 0 Å². The van der Waals surface area contributed by atoms with Crippen LogP contribution in [-0.2, 0) is 16.0 Å². The molecule has 0 saturated heterocycles. The number of carboxylic acid groups (broad SMARTS) is 1. The van der Waals surface area contributed by atoms with Crippen LogP contribution in [0, 0.1) is 5.41 Å². The summed E-state index contributed by atoms with van der Waals surface area (Å²) in [5, 5.41) is 11.9. The van der Waals surface area contributed by atoms with Gasteiger partial charge < -0.3 is 15.2 Å². The lowest BCUT2D eigenvalue weighted by atomic mass is 9.87. The van der Waals surface area contributed by atoms with Crippen molar-refractivity contribution in [3.05, 3.63) is 29.8 Å². The average Bonchev–Trinajstić information content (AvgIpc) is 2.50. The predicted molar refractivity (Wildman–Crippen MR) is 80.4 cm³/mol. The second-order valence-electron chi connectivity index (χ2n) is 5.31. The van der Waals surface area contributed by atoms with E-state index in [4.69, 9.17) is 9.84 Å². The molecule has 0 heterocycles. The van der Waals surface area contributed by atoms with Crippen molar-refractivity contribution in [3.8, 4) is 5.75 Å². The van der Waals surface area contributed by atoms with Gasteiger partial charge in [0, 0.05) is 13.0 Å². The molecular weight excluding hydrogens is 270 g/mol. The number of rotatable bonds is 8. The second-order valence-corrected chi connectivity index (χ2v) is 5.31. The lowest BCUT2D eigenvalue weighted by Gasteiger charge is -2.23. The van der Waals surface area contributed by atoms with Gasteiger partial charge in [-0.1, -0.05) is 25.1 Å². The Morgan fingerprint density at radius 2 is 2.00 bits per heavy atom. The van der Waals surface area contributed by atoms with Gasteiger partial charge in [-0.15, -0.1) is 0 Å². The van der Waals surface area contributed by atoms with E-state index in [1.54, 1.807) is 21.0 Å². The number of aliphatic carboxylic acids is 1. The number of ether oxygens (including phenoxy) is 1. The van der Waals surface area contributed by atoms with Gasteiger partial charge in [-0.3, -0.25) is 9.59 Å². The zero-order chi connectivity index (χ0) is 15.9. The molecule has 0 aliphatic heterocycles. The first-order chi connectivity index (χ1) is 9.92. The topological polar surface area (TPSA) is 75.6 Å². The van der Waals surface area contributed by atoms with Gasteiger partial charge in [0.1, 0.15) is 5.75 Å².